The van der Waals surface area contributed by atoms with Crippen molar-refractivity contribution < 1.29 is 9.53 Å². The molecule has 1 aromatic carbocycles. The first kappa shape index (κ1) is 14.7. The molecule has 2 rings (SSSR count). The molecule has 2 N–H and O–H groups in total. The minimum absolute atomic E-state index is 0.0906. The summed E-state index contributed by atoms with van der Waals surface area (Å²) < 4.78 is 5.55. The van der Waals surface area contributed by atoms with Crippen molar-refractivity contribution in [2.45, 2.75) is 0 Å². The second-order valence-corrected chi connectivity index (χ2v) is 5.59. The Morgan fingerprint density at radius 2 is 2.25 bits per heavy atom. The van der Waals surface area contributed by atoms with Crippen LogP contribution in [0, 0.1) is 0 Å². The molecule has 0 aliphatic carbocycles. The van der Waals surface area contributed by atoms with Crippen LogP contribution in [0.1, 0.15) is 9.67 Å². The van der Waals surface area contributed by atoms with Gasteiger partial charge in [0.1, 0.15) is 17.2 Å². The van der Waals surface area contributed by atoms with Gasteiger partial charge in [-0.3, -0.25) is 4.79 Å². The summed E-state index contributed by atoms with van der Waals surface area (Å²) in [6, 6.07) is 8.89. The van der Waals surface area contributed by atoms with Gasteiger partial charge in [0.05, 0.1) is 12.2 Å². The zero-order valence-electron chi connectivity index (χ0n) is 11.0. The number of anilines is 1. The maximum absolute atomic E-state index is 12.1. The first-order chi connectivity index (χ1) is 9.58. The first-order valence-corrected chi connectivity index (χ1v) is 7.30. The summed E-state index contributed by atoms with van der Waals surface area (Å²) in [7, 11) is 1.73. The van der Waals surface area contributed by atoms with E-state index in [1.54, 1.807) is 35.5 Å². The summed E-state index contributed by atoms with van der Waals surface area (Å²) >= 11 is 7.21. The minimum atomic E-state index is -0.0906. The fraction of sp³-hybridized carbons (Fsp3) is 0.214. The molecule has 0 unspecified atom stereocenters. The average molecular weight is 311 g/mol. The van der Waals surface area contributed by atoms with Gasteiger partial charge in [-0.2, -0.15) is 0 Å². The molecule has 20 heavy (non-hydrogen) atoms. The second-order valence-electron chi connectivity index (χ2n) is 4.24. The summed E-state index contributed by atoms with van der Waals surface area (Å²) in [5, 5.41) is 2.43. The van der Waals surface area contributed by atoms with Crippen molar-refractivity contribution in [3.8, 4) is 5.75 Å². The van der Waals surface area contributed by atoms with Gasteiger partial charge in [-0.15, -0.1) is 11.3 Å². The lowest BCUT2D eigenvalue weighted by atomic mass is 10.3. The van der Waals surface area contributed by atoms with E-state index in [0.717, 1.165) is 0 Å². The molecule has 0 saturated carbocycles. The van der Waals surface area contributed by atoms with E-state index in [0.29, 0.717) is 34.5 Å². The van der Waals surface area contributed by atoms with Crippen molar-refractivity contribution in [3.63, 3.8) is 0 Å². The van der Waals surface area contributed by atoms with E-state index in [1.807, 2.05) is 12.1 Å². The highest BCUT2D eigenvalue weighted by Gasteiger charge is 2.15. The number of benzene rings is 1. The Balaban J connectivity index is 1.85. The number of thiophene rings is 1. The molecule has 1 aromatic heterocycles. The molecular formula is C14H15ClN2O2S. The minimum Gasteiger partial charge on any atom is -0.492 e. The highest BCUT2D eigenvalue weighted by Crippen LogP contribution is 2.20. The van der Waals surface area contributed by atoms with E-state index in [4.69, 9.17) is 22.1 Å². The number of carbonyl (C=O) groups is 1. The molecule has 106 valence electrons. The quantitative estimate of drug-likeness (QED) is 0.923. The predicted molar refractivity (Wildman–Crippen MR) is 82.6 cm³/mol. The van der Waals surface area contributed by atoms with E-state index >= 15 is 0 Å². The number of hydrogen-bond donors (Lipinski definition) is 1. The lowest BCUT2D eigenvalue weighted by Gasteiger charge is -2.17. The lowest BCUT2D eigenvalue weighted by Crippen LogP contribution is -2.30. The van der Waals surface area contributed by atoms with Gasteiger partial charge in [-0.1, -0.05) is 17.7 Å². The molecule has 4 nitrogen and oxygen atoms in total. The fourth-order valence-electron chi connectivity index (χ4n) is 1.63. The maximum atomic E-state index is 12.1. The van der Waals surface area contributed by atoms with Gasteiger partial charge in [-0.05, 0) is 29.6 Å². The van der Waals surface area contributed by atoms with Crippen molar-refractivity contribution in [2.75, 3.05) is 25.9 Å². The Hall–Kier alpha value is -1.72. The SMILES string of the molecule is CN(CCOc1cccc(Cl)c1)C(=O)c1sccc1N. The molecule has 0 aliphatic heterocycles. The molecular weight excluding hydrogens is 296 g/mol. The highest BCUT2D eigenvalue weighted by atomic mass is 35.5. The molecule has 0 aliphatic rings. The molecule has 1 heterocycles. The molecule has 0 radical (unpaired) electrons. The number of nitrogens with two attached hydrogens (primary N) is 1. The number of nitrogens with zero attached hydrogens (tertiary/aromatic N) is 1. The monoisotopic (exact) mass is 310 g/mol. The van der Waals surface area contributed by atoms with E-state index in [-0.39, 0.29) is 5.91 Å². The largest absolute Gasteiger partial charge is 0.492 e. The van der Waals surface area contributed by atoms with Crippen LogP contribution in [0.25, 0.3) is 0 Å². The van der Waals surface area contributed by atoms with Crippen molar-refractivity contribution in [1.82, 2.24) is 4.90 Å². The third-order valence-corrected chi connectivity index (χ3v) is 3.88. The van der Waals surface area contributed by atoms with Gasteiger partial charge in [-0.25, -0.2) is 0 Å². The van der Waals surface area contributed by atoms with Crippen molar-refractivity contribution in [2.24, 2.45) is 0 Å². The zero-order chi connectivity index (χ0) is 14.5. The number of likely N-dealkylation sites (N-methyl/N-ethyl adjacent to an activating group) is 1. The van der Waals surface area contributed by atoms with E-state index in [2.05, 4.69) is 0 Å². The molecule has 0 spiro atoms. The average Bonchev–Trinajstić information content (AvgIpc) is 2.84. The summed E-state index contributed by atoms with van der Waals surface area (Å²) in [5.74, 6) is 0.598. The Morgan fingerprint density at radius 3 is 2.90 bits per heavy atom. The summed E-state index contributed by atoms with van der Waals surface area (Å²) in [4.78, 5) is 14.3. The second kappa shape index (κ2) is 6.63. The number of nitrogen functional groups attached to an aromatic ring is 1. The molecule has 0 fully saturated rings. The normalized spacial score (nSPS) is 10.3. The van der Waals surface area contributed by atoms with Crippen LogP contribution in [0.2, 0.25) is 5.02 Å². The first-order valence-electron chi connectivity index (χ1n) is 6.04. The van der Waals surface area contributed by atoms with Crippen LogP contribution in [0.3, 0.4) is 0 Å². The van der Waals surface area contributed by atoms with Gasteiger partial charge in [0, 0.05) is 12.1 Å². The van der Waals surface area contributed by atoms with Gasteiger partial charge in [0.15, 0.2) is 0 Å². The molecule has 6 heteroatoms. The lowest BCUT2D eigenvalue weighted by molar-refractivity contribution is 0.0779. The number of rotatable bonds is 5. The number of carbonyl (C=O) groups excluding carboxylic acids is 1. The topological polar surface area (TPSA) is 55.6 Å². The summed E-state index contributed by atoms with van der Waals surface area (Å²) in [6.45, 7) is 0.872. The molecule has 0 bridgehead atoms. The predicted octanol–water partition coefficient (Wildman–Crippen LogP) is 3.13. The van der Waals surface area contributed by atoms with Gasteiger partial charge in [0.2, 0.25) is 0 Å². The van der Waals surface area contributed by atoms with Crippen molar-refractivity contribution in [1.29, 1.82) is 0 Å². The molecule has 1 amide bonds. The molecule has 2 aromatic rings. The summed E-state index contributed by atoms with van der Waals surface area (Å²) in [5.41, 5.74) is 6.25. The van der Waals surface area contributed by atoms with Crippen LogP contribution in [0.5, 0.6) is 5.75 Å². The van der Waals surface area contributed by atoms with Crippen LogP contribution in [-0.2, 0) is 0 Å². The fourth-order valence-corrected chi connectivity index (χ4v) is 2.62. The van der Waals surface area contributed by atoms with Crippen molar-refractivity contribution in [3.05, 3.63) is 45.6 Å². The summed E-state index contributed by atoms with van der Waals surface area (Å²) in [6.07, 6.45) is 0. The Morgan fingerprint density at radius 1 is 1.45 bits per heavy atom. The number of halogens is 1. The Bertz CT molecular complexity index is 600. The van der Waals surface area contributed by atoms with E-state index in [1.165, 1.54) is 11.3 Å². The van der Waals surface area contributed by atoms with Crippen LogP contribution in [0.4, 0.5) is 5.69 Å². The highest BCUT2D eigenvalue weighted by molar-refractivity contribution is 7.12. The van der Waals surface area contributed by atoms with Crippen LogP contribution >= 0.6 is 22.9 Å². The number of ether oxygens (including phenoxy) is 1. The Labute approximate surface area is 126 Å². The zero-order valence-corrected chi connectivity index (χ0v) is 12.6. The third-order valence-electron chi connectivity index (χ3n) is 2.73. The van der Waals surface area contributed by atoms with Gasteiger partial charge < -0.3 is 15.4 Å². The van der Waals surface area contributed by atoms with Gasteiger partial charge in [0.25, 0.3) is 5.91 Å². The van der Waals surface area contributed by atoms with Crippen LogP contribution in [0.15, 0.2) is 35.7 Å². The van der Waals surface area contributed by atoms with E-state index in [9.17, 15) is 4.79 Å². The maximum Gasteiger partial charge on any atom is 0.265 e. The van der Waals surface area contributed by atoms with Crippen molar-refractivity contribution >= 4 is 34.5 Å². The third kappa shape index (κ3) is 3.65. The molecule has 0 saturated heterocycles. The van der Waals surface area contributed by atoms with Gasteiger partial charge >= 0.3 is 0 Å². The number of hydrogen-bond acceptors (Lipinski definition) is 4. The van der Waals surface area contributed by atoms with Crippen LogP contribution < -0.4 is 10.5 Å². The number of amides is 1. The smallest absolute Gasteiger partial charge is 0.265 e. The molecule has 0 atom stereocenters. The van der Waals surface area contributed by atoms with E-state index < -0.39 is 0 Å². The Kier molecular flexibility index (Phi) is 4.87. The standard InChI is InChI=1S/C14H15ClN2O2S/c1-17(14(18)13-12(16)5-8-20-13)6-7-19-11-4-2-3-10(15)9-11/h2-5,8-9H,6-7,16H2,1H3. The van der Waals surface area contributed by atoms with Crippen LogP contribution in [-0.4, -0.2) is 31.0 Å².